The first-order valence-corrected chi connectivity index (χ1v) is 9.99. The van der Waals surface area contributed by atoms with Gasteiger partial charge in [-0.05, 0) is 43.7 Å². The fourth-order valence-corrected chi connectivity index (χ4v) is 3.51. The van der Waals surface area contributed by atoms with E-state index in [-0.39, 0.29) is 29.8 Å². The molecule has 0 spiro atoms. The lowest BCUT2D eigenvalue weighted by Gasteiger charge is -2.14. The fraction of sp³-hybridized carbons (Fsp3) is 0.316. The molecule has 0 saturated carbocycles. The van der Waals surface area contributed by atoms with Gasteiger partial charge >= 0.3 is 0 Å². The Morgan fingerprint density at radius 1 is 1.41 bits per heavy atom. The Labute approximate surface area is 165 Å². The number of carbonyl (C=O) groups excluding carboxylic acids is 1. The van der Waals surface area contributed by atoms with Crippen LogP contribution in [0.1, 0.15) is 26.0 Å². The zero-order chi connectivity index (χ0) is 19.4. The van der Waals surface area contributed by atoms with E-state index >= 15 is 0 Å². The Morgan fingerprint density at radius 3 is 2.93 bits per heavy atom. The van der Waals surface area contributed by atoms with Gasteiger partial charge in [0.15, 0.2) is 5.16 Å². The van der Waals surface area contributed by atoms with Crippen molar-refractivity contribution in [1.29, 1.82) is 0 Å². The molecule has 0 saturated heterocycles. The van der Waals surface area contributed by atoms with E-state index in [1.165, 1.54) is 16.3 Å². The van der Waals surface area contributed by atoms with Gasteiger partial charge in [-0.15, -0.1) is 0 Å². The molecule has 1 amide bonds. The Morgan fingerprint density at radius 2 is 2.22 bits per heavy atom. The first-order chi connectivity index (χ1) is 13.0. The molecule has 3 aromatic rings. The van der Waals surface area contributed by atoms with Crippen LogP contribution in [0.5, 0.6) is 0 Å². The number of halogens is 1. The molecule has 0 unspecified atom stereocenters. The molecule has 0 radical (unpaired) electrons. The van der Waals surface area contributed by atoms with E-state index in [1.54, 1.807) is 36.6 Å². The van der Waals surface area contributed by atoms with E-state index in [4.69, 9.17) is 16.0 Å². The van der Waals surface area contributed by atoms with Gasteiger partial charge in [-0.3, -0.25) is 14.2 Å². The smallest absolute Gasteiger partial charge is 0.262 e. The van der Waals surface area contributed by atoms with Crippen LogP contribution in [0.4, 0.5) is 0 Å². The second-order valence-electron chi connectivity index (χ2n) is 6.19. The van der Waals surface area contributed by atoms with Crippen LogP contribution in [0.25, 0.3) is 10.9 Å². The number of aromatic nitrogens is 2. The van der Waals surface area contributed by atoms with Crippen LogP contribution in [0.15, 0.2) is 51.0 Å². The maximum Gasteiger partial charge on any atom is 0.262 e. The zero-order valence-corrected chi connectivity index (χ0v) is 16.6. The van der Waals surface area contributed by atoms with Crippen LogP contribution in [-0.4, -0.2) is 27.3 Å². The number of hydrogen-bond acceptors (Lipinski definition) is 5. The largest absolute Gasteiger partial charge is 0.467 e. The van der Waals surface area contributed by atoms with Crippen molar-refractivity contribution >= 4 is 40.2 Å². The van der Waals surface area contributed by atoms with Crippen LogP contribution >= 0.6 is 23.4 Å². The number of amides is 1. The van der Waals surface area contributed by atoms with Gasteiger partial charge in [0.1, 0.15) is 5.76 Å². The van der Waals surface area contributed by atoms with Gasteiger partial charge in [0.25, 0.3) is 5.56 Å². The lowest BCUT2D eigenvalue weighted by atomic mass is 10.2. The van der Waals surface area contributed by atoms with Gasteiger partial charge in [-0.2, -0.15) is 0 Å². The third kappa shape index (κ3) is 4.73. The molecular formula is C19H20ClN3O3S. The van der Waals surface area contributed by atoms with Gasteiger partial charge in [-0.25, -0.2) is 4.98 Å². The summed E-state index contributed by atoms with van der Waals surface area (Å²) in [6.07, 6.45) is 2.41. The molecule has 0 aliphatic carbocycles. The third-order valence-corrected chi connectivity index (χ3v) is 5.34. The Kier molecular flexibility index (Phi) is 6.23. The number of carbonyl (C=O) groups is 1. The Balaban J connectivity index is 1.95. The van der Waals surface area contributed by atoms with E-state index in [0.717, 1.165) is 6.42 Å². The lowest BCUT2D eigenvalue weighted by Crippen LogP contribution is -2.33. The average Bonchev–Trinajstić information content (AvgIpc) is 3.15. The number of benzene rings is 1. The van der Waals surface area contributed by atoms with Crippen molar-refractivity contribution in [2.24, 2.45) is 0 Å². The molecular weight excluding hydrogens is 386 g/mol. The van der Waals surface area contributed by atoms with Crippen LogP contribution in [0.3, 0.4) is 0 Å². The van der Waals surface area contributed by atoms with Crippen molar-refractivity contribution in [3.8, 4) is 0 Å². The lowest BCUT2D eigenvalue weighted by molar-refractivity contribution is -0.119. The molecule has 27 heavy (non-hydrogen) atoms. The van der Waals surface area contributed by atoms with Crippen molar-refractivity contribution < 1.29 is 9.21 Å². The number of rotatable bonds is 7. The van der Waals surface area contributed by atoms with E-state index in [0.29, 0.717) is 26.8 Å². The SMILES string of the molecule is CC[C@H](C)NC(=O)CSc1nc2cc(Cl)ccc2c(=O)n1Cc1ccco1. The minimum Gasteiger partial charge on any atom is -0.467 e. The summed E-state index contributed by atoms with van der Waals surface area (Å²) in [4.78, 5) is 29.7. The molecule has 1 aromatic carbocycles. The standard InChI is InChI=1S/C19H20ClN3O3S/c1-3-12(2)21-17(24)11-27-19-22-16-9-13(20)6-7-15(16)18(25)23(19)10-14-5-4-8-26-14/h4-9,12H,3,10-11H2,1-2H3,(H,21,24)/t12-/m0/s1. The molecule has 1 N–H and O–H groups in total. The molecule has 3 rings (SSSR count). The van der Waals surface area contributed by atoms with Crippen molar-refractivity contribution in [2.45, 2.75) is 38.0 Å². The van der Waals surface area contributed by atoms with Crippen LogP contribution in [0.2, 0.25) is 5.02 Å². The predicted octanol–water partition coefficient (Wildman–Crippen LogP) is 3.70. The molecule has 0 fully saturated rings. The summed E-state index contributed by atoms with van der Waals surface area (Å²) in [7, 11) is 0. The van der Waals surface area contributed by atoms with Gasteiger partial charge in [0.05, 0.1) is 29.5 Å². The fourth-order valence-electron chi connectivity index (χ4n) is 2.53. The highest BCUT2D eigenvalue weighted by atomic mass is 35.5. The monoisotopic (exact) mass is 405 g/mol. The number of fused-ring (bicyclic) bond motifs is 1. The highest BCUT2D eigenvalue weighted by Crippen LogP contribution is 2.21. The van der Waals surface area contributed by atoms with Gasteiger partial charge in [0.2, 0.25) is 5.91 Å². The molecule has 8 heteroatoms. The van der Waals surface area contributed by atoms with E-state index in [9.17, 15) is 9.59 Å². The topological polar surface area (TPSA) is 77.1 Å². The first kappa shape index (κ1) is 19.5. The summed E-state index contributed by atoms with van der Waals surface area (Å²) in [6.45, 7) is 4.20. The summed E-state index contributed by atoms with van der Waals surface area (Å²) in [5.74, 6) is 0.707. The number of thioether (sulfide) groups is 1. The maximum atomic E-state index is 13.0. The first-order valence-electron chi connectivity index (χ1n) is 8.62. The highest BCUT2D eigenvalue weighted by molar-refractivity contribution is 7.99. The minimum absolute atomic E-state index is 0.0978. The molecule has 2 aromatic heterocycles. The van der Waals surface area contributed by atoms with Gasteiger partial charge in [-0.1, -0.05) is 30.3 Å². The Bertz CT molecular complexity index is 1000. The summed E-state index contributed by atoms with van der Waals surface area (Å²) in [5.41, 5.74) is 0.311. The maximum absolute atomic E-state index is 13.0. The van der Waals surface area contributed by atoms with Gasteiger partial charge < -0.3 is 9.73 Å². The second kappa shape index (κ2) is 8.63. The second-order valence-corrected chi connectivity index (χ2v) is 7.57. The molecule has 2 heterocycles. The van der Waals surface area contributed by atoms with Crippen LogP contribution < -0.4 is 10.9 Å². The number of nitrogens with zero attached hydrogens (tertiary/aromatic N) is 2. The quantitative estimate of drug-likeness (QED) is 0.479. The zero-order valence-electron chi connectivity index (χ0n) is 15.1. The molecule has 6 nitrogen and oxygen atoms in total. The summed E-state index contributed by atoms with van der Waals surface area (Å²) >= 11 is 7.26. The predicted molar refractivity (Wildman–Crippen MR) is 107 cm³/mol. The Hall–Kier alpha value is -2.25. The van der Waals surface area contributed by atoms with Crippen LogP contribution in [0, 0.1) is 0 Å². The molecule has 142 valence electrons. The number of hydrogen-bond donors (Lipinski definition) is 1. The van der Waals surface area contributed by atoms with Gasteiger partial charge in [0, 0.05) is 11.1 Å². The average molecular weight is 406 g/mol. The van der Waals surface area contributed by atoms with E-state index < -0.39 is 0 Å². The van der Waals surface area contributed by atoms with E-state index in [1.807, 2.05) is 13.8 Å². The minimum atomic E-state index is -0.196. The number of furan rings is 1. The highest BCUT2D eigenvalue weighted by Gasteiger charge is 2.15. The van der Waals surface area contributed by atoms with Crippen molar-refractivity contribution in [1.82, 2.24) is 14.9 Å². The molecule has 1 atom stereocenters. The van der Waals surface area contributed by atoms with Crippen molar-refractivity contribution in [3.05, 3.63) is 57.7 Å². The summed E-state index contributed by atoms with van der Waals surface area (Å²) in [5, 5.41) is 4.34. The normalized spacial score (nSPS) is 12.3. The molecule has 0 aliphatic heterocycles. The van der Waals surface area contributed by atoms with E-state index in [2.05, 4.69) is 10.3 Å². The van der Waals surface area contributed by atoms with Crippen molar-refractivity contribution in [3.63, 3.8) is 0 Å². The van der Waals surface area contributed by atoms with Crippen molar-refractivity contribution in [2.75, 3.05) is 5.75 Å². The van der Waals surface area contributed by atoms with Crippen LogP contribution in [-0.2, 0) is 11.3 Å². The summed E-state index contributed by atoms with van der Waals surface area (Å²) in [6, 6.07) is 8.64. The summed E-state index contributed by atoms with van der Waals surface area (Å²) < 4.78 is 6.90. The third-order valence-electron chi connectivity index (χ3n) is 4.13. The molecule has 0 aliphatic rings. The number of nitrogens with one attached hydrogen (secondary N) is 1. The molecule has 0 bridgehead atoms.